The minimum atomic E-state index is -1.29. The minimum absolute atomic E-state index is 0.197. The number of Topliss-reactive ketones (excluding diaryl/α,β-unsaturated/α-hetero) is 1. The molecule has 1 fully saturated rings. The van der Waals surface area contributed by atoms with E-state index >= 15 is 0 Å². The monoisotopic (exact) mass is 372 g/mol. The summed E-state index contributed by atoms with van der Waals surface area (Å²) in [6.07, 6.45) is 1.52. The molecule has 1 aromatic carbocycles. The Labute approximate surface area is 156 Å². The first-order valence-corrected chi connectivity index (χ1v) is 8.95. The van der Waals surface area contributed by atoms with Crippen LogP contribution in [-0.4, -0.2) is 54.4 Å². The van der Waals surface area contributed by atoms with Crippen molar-refractivity contribution in [3.63, 3.8) is 0 Å². The lowest BCUT2D eigenvalue weighted by atomic mass is 10.0. The number of carbonyl (C=O) groups excluding carboxylic acids is 2. The van der Waals surface area contributed by atoms with Gasteiger partial charge in [0.1, 0.15) is 5.82 Å². The number of rotatable bonds is 4. The normalized spacial score (nSPS) is 16.2. The van der Waals surface area contributed by atoms with Gasteiger partial charge in [-0.3, -0.25) is 19.0 Å². The molecule has 2 aromatic rings. The molecular weight excluding hydrogens is 349 g/mol. The smallest absolute Gasteiger partial charge is 0.254 e. The second-order valence-electron chi connectivity index (χ2n) is 7.01. The van der Waals surface area contributed by atoms with Gasteiger partial charge in [0.25, 0.3) is 11.5 Å². The number of aromatic nitrogens is 1. The van der Waals surface area contributed by atoms with E-state index in [9.17, 15) is 18.8 Å². The number of likely N-dealkylation sites (N-methyl/N-ethyl adjacent to an activating group) is 1. The predicted molar refractivity (Wildman–Crippen MR) is 98.4 cm³/mol. The van der Waals surface area contributed by atoms with Gasteiger partial charge in [-0.25, -0.2) is 4.39 Å². The van der Waals surface area contributed by atoms with Gasteiger partial charge in [0.15, 0.2) is 11.8 Å². The Balaban J connectivity index is 2.02. The van der Waals surface area contributed by atoms with Crippen molar-refractivity contribution in [3.05, 3.63) is 69.9 Å². The number of hydrogen-bond acceptors (Lipinski definition) is 3. The van der Waals surface area contributed by atoms with Gasteiger partial charge in [0.2, 0.25) is 0 Å². The van der Waals surface area contributed by atoms with Crippen LogP contribution in [0.5, 0.6) is 0 Å². The van der Waals surface area contributed by atoms with E-state index in [1.807, 2.05) is 7.05 Å². The number of carbonyl (C=O) groups is 2. The molecule has 2 heterocycles. The highest BCUT2D eigenvalue weighted by Crippen LogP contribution is 2.18. The van der Waals surface area contributed by atoms with Gasteiger partial charge in [0.05, 0.1) is 33.2 Å². The van der Waals surface area contributed by atoms with E-state index in [2.05, 4.69) is 0 Å². The Morgan fingerprint density at radius 3 is 2.33 bits per heavy atom. The zero-order valence-corrected chi connectivity index (χ0v) is 15.4. The molecule has 1 aliphatic rings. The highest BCUT2D eigenvalue weighted by molar-refractivity contribution is 6.11. The number of piperazine rings is 1. The van der Waals surface area contributed by atoms with Crippen molar-refractivity contribution < 1.29 is 18.9 Å². The third-order valence-corrected chi connectivity index (χ3v) is 4.90. The van der Waals surface area contributed by atoms with Gasteiger partial charge in [-0.15, -0.1) is 0 Å². The first-order valence-electron chi connectivity index (χ1n) is 8.95. The Morgan fingerprint density at radius 2 is 1.70 bits per heavy atom. The Hall–Kier alpha value is -2.80. The minimum Gasteiger partial charge on any atom is -0.334 e. The maximum absolute atomic E-state index is 13.2. The van der Waals surface area contributed by atoms with Crippen molar-refractivity contribution in [3.8, 4) is 0 Å². The van der Waals surface area contributed by atoms with Crippen LogP contribution >= 0.6 is 0 Å². The molecule has 1 atom stereocenters. The van der Waals surface area contributed by atoms with Crippen molar-refractivity contribution in [2.24, 2.45) is 0 Å². The van der Waals surface area contributed by atoms with E-state index in [0.717, 1.165) is 18.7 Å². The zero-order valence-electron chi connectivity index (χ0n) is 15.4. The molecule has 27 heavy (non-hydrogen) atoms. The Bertz CT molecular complexity index is 899. The highest BCUT2D eigenvalue weighted by Gasteiger charge is 2.35. The molecule has 142 valence electrons. The maximum Gasteiger partial charge on any atom is 0.254 e. The summed E-state index contributed by atoms with van der Waals surface area (Å²) in [6, 6.07) is 6.73. The van der Waals surface area contributed by atoms with E-state index in [-0.39, 0.29) is 5.56 Å². The van der Waals surface area contributed by atoms with Crippen LogP contribution in [0.4, 0.5) is 4.39 Å². The number of aryl methyl sites for hydroxylation is 1. The molecule has 0 aliphatic carbocycles. The molecule has 7 heteroatoms. The maximum atomic E-state index is 13.2. The van der Waals surface area contributed by atoms with Gasteiger partial charge >= 0.3 is 0 Å². The summed E-state index contributed by atoms with van der Waals surface area (Å²) in [5.41, 5.74) is 0.541. The number of benzene rings is 1. The van der Waals surface area contributed by atoms with Crippen molar-refractivity contribution >= 4 is 11.7 Å². The number of halogens is 1. The molecule has 0 radical (unpaired) electrons. The van der Waals surface area contributed by atoms with Crippen molar-refractivity contribution in [1.82, 2.24) is 9.47 Å². The quantitative estimate of drug-likeness (QED) is 0.611. The van der Waals surface area contributed by atoms with Gasteiger partial charge in [-0.1, -0.05) is 6.07 Å². The summed E-state index contributed by atoms with van der Waals surface area (Å²) in [7, 11) is 2.05. The molecule has 1 amide bonds. The predicted octanol–water partition coefficient (Wildman–Crippen LogP) is 0.0767. The van der Waals surface area contributed by atoms with E-state index in [1.54, 1.807) is 17.9 Å². The van der Waals surface area contributed by atoms with Crippen LogP contribution in [0.15, 0.2) is 47.4 Å². The second-order valence-corrected chi connectivity index (χ2v) is 7.01. The van der Waals surface area contributed by atoms with Crippen molar-refractivity contribution in [1.29, 1.82) is 0 Å². The van der Waals surface area contributed by atoms with E-state index in [4.69, 9.17) is 0 Å². The lowest BCUT2D eigenvalue weighted by molar-refractivity contribution is -0.883. The Morgan fingerprint density at radius 1 is 1.07 bits per heavy atom. The topological polar surface area (TPSA) is 63.8 Å². The van der Waals surface area contributed by atoms with Crippen LogP contribution in [0.2, 0.25) is 0 Å². The first kappa shape index (κ1) is 19.0. The van der Waals surface area contributed by atoms with Gasteiger partial charge in [-0.2, -0.15) is 0 Å². The fourth-order valence-corrected chi connectivity index (χ4v) is 3.23. The lowest BCUT2D eigenvalue weighted by Crippen LogP contribution is -3.12. The number of nitrogens with zero attached hydrogens (tertiary/aromatic N) is 2. The highest BCUT2D eigenvalue weighted by atomic mass is 19.1. The Kier molecular flexibility index (Phi) is 5.51. The standard InChI is InChI=1S/C20H22FN3O3/c1-14-3-8-17(25)24(13-14)18(19(26)15-4-6-16(21)7-5-15)20(27)23-11-9-22(2)10-12-23/h3-8,13,18H,9-12H2,1-2H3/p+1/t18-/m0/s1. The molecule has 1 saturated heterocycles. The van der Waals surface area contributed by atoms with Gasteiger partial charge in [0, 0.05) is 17.8 Å². The van der Waals surface area contributed by atoms with Crippen LogP contribution in [0.1, 0.15) is 22.0 Å². The van der Waals surface area contributed by atoms with E-state index in [0.29, 0.717) is 13.1 Å². The van der Waals surface area contributed by atoms with Crippen molar-refractivity contribution in [2.45, 2.75) is 13.0 Å². The molecule has 6 nitrogen and oxygen atoms in total. The number of ketones is 1. The summed E-state index contributed by atoms with van der Waals surface area (Å²) >= 11 is 0. The molecule has 0 unspecified atom stereocenters. The average molecular weight is 372 g/mol. The third kappa shape index (κ3) is 4.14. The molecule has 1 N–H and O–H groups in total. The molecule has 3 rings (SSSR count). The number of quaternary nitrogens is 1. The summed E-state index contributed by atoms with van der Waals surface area (Å²) < 4.78 is 14.4. The zero-order chi connectivity index (χ0) is 19.6. The third-order valence-electron chi connectivity index (χ3n) is 4.90. The molecule has 0 saturated carbocycles. The summed E-state index contributed by atoms with van der Waals surface area (Å²) in [6.45, 7) is 4.41. The lowest BCUT2D eigenvalue weighted by Gasteiger charge is -2.32. The van der Waals surface area contributed by atoms with E-state index in [1.165, 1.54) is 46.0 Å². The summed E-state index contributed by atoms with van der Waals surface area (Å²) in [5.74, 6) is -1.38. The van der Waals surface area contributed by atoms with Crippen LogP contribution in [-0.2, 0) is 4.79 Å². The van der Waals surface area contributed by atoms with Crippen molar-refractivity contribution in [2.75, 3.05) is 33.2 Å². The van der Waals surface area contributed by atoms with Gasteiger partial charge < -0.3 is 9.80 Å². The van der Waals surface area contributed by atoms with Crippen LogP contribution < -0.4 is 10.5 Å². The van der Waals surface area contributed by atoms with Gasteiger partial charge in [-0.05, 0) is 36.8 Å². The van der Waals surface area contributed by atoms with Crippen LogP contribution in [0, 0.1) is 12.7 Å². The van der Waals surface area contributed by atoms with Crippen LogP contribution in [0.25, 0.3) is 0 Å². The molecule has 0 spiro atoms. The van der Waals surface area contributed by atoms with Crippen LogP contribution in [0.3, 0.4) is 0 Å². The molecule has 0 bridgehead atoms. The SMILES string of the molecule is Cc1ccc(=O)n([C@@H](C(=O)c2ccc(F)cc2)C(=O)N2CC[NH+](C)CC2)c1. The molecular formula is C20H23FN3O3+. The fourth-order valence-electron chi connectivity index (χ4n) is 3.23. The second kappa shape index (κ2) is 7.84. The summed E-state index contributed by atoms with van der Waals surface area (Å²) in [5, 5.41) is 0. The molecule has 1 aliphatic heterocycles. The summed E-state index contributed by atoms with van der Waals surface area (Å²) in [4.78, 5) is 41.7. The fraction of sp³-hybridized carbons (Fsp3) is 0.350. The molecule has 1 aromatic heterocycles. The number of amides is 1. The first-order chi connectivity index (χ1) is 12.9. The number of pyridine rings is 1. The number of nitrogens with one attached hydrogen (secondary N) is 1. The number of hydrogen-bond donors (Lipinski definition) is 1. The average Bonchev–Trinajstić information content (AvgIpc) is 2.65. The van der Waals surface area contributed by atoms with E-state index < -0.39 is 29.1 Å². The largest absolute Gasteiger partial charge is 0.334 e.